The van der Waals surface area contributed by atoms with Crippen LogP contribution >= 0.6 is 0 Å². The van der Waals surface area contributed by atoms with Crippen LogP contribution in [-0.2, 0) is 27.9 Å². The van der Waals surface area contributed by atoms with Crippen LogP contribution in [0, 0.1) is 0 Å². The van der Waals surface area contributed by atoms with Gasteiger partial charge >= 0.3 is 0 Å². The molecule has 0 bridgehead atoms. The molecule has 7 nitrogen and oxygen atoms in total. The molecule has 30 heavy (non-hydrogen) atoms. The van der Waals surface area contributed by atoms with E-state index in [1.165, 1.54) is 0 Å². The Bertz CT molecular complexity index is 822. The van der Waals surface area contributed by atoms with E-state index in [0.717, 1.165) is 30.8 Å². The standard InChI is InChI=1S/C23H33N3O4/c1-23(2,3)22-24-20(30-25-22)12-7-13-21(27)26(16-18-10-8-14-29-18)15-17-9-5-6-11-19(17)28-4/h5-6,9,11,18H,7-8,10,12-16H2,1-4H3. The number of methoxy groups -OCH3 is 1. The Balaban J connectivity index is 1.60. The fraction of sp³-hybridized carbons (Fsp3) is 0.609. The van der Waals surface area contributed by atoms with Gasteiger partial charge in [-0.1, -0.05) is 44.1 Å². The Hall–Kier alpha value is -2.41. The van der Waals surface area contributed by atoms with Crippen molar-refractivity contribution in [2.45, 2.75) is 70.9 Å². The molecule has 3 rings (SSSR count). The van der Waals surface area contributed by atoms with Gasteiger partial charge in [-0.15, -0.1) is 0 Å². The molecule has 1 aliphatic heterocycles. The molecule has 1 amide bonds. The lowest BCUT2D eigenvalue weighted by Gasteiger charge is -2.26. The Morgan fingerprint density at radius 1 is 1.30 bits per heavy atom. The molecule has 1 saturated heterocycles. The molecule has 1 fully saturated rings. The van der Waals surface area contributed by atoms with Crippen molar-refractivity contribution < 1.29 is 18.8 Å². The van der Waals surface area contributed by atoms with Crippen molar-refractivity contribution in [1.29, 1.82) is 0 Å². The maximum absolute atomic E-state index is 13.1. The van der Waals surface area contributed by atoms with Crippen LogP contribution in [0.25, 0.3) is 0 Å². The third kappa shape index (κ3) is 6.05. The van der Waals surface area contributed by atoms with E-state index in [-0.39, 0.29) is 17.4 Å². The van der Waals surface area contributed by atoms with E-state index in [1.54, 1.807) is 7.11 Å². The maximum Gasteiger partial charge on any atom is 0.226 e. The molecule has 0 spiro atoms. The average Bonchev–Trinajstić information content (AvgIpc) is 3.39. The van der Waals surface area contributed by atoms with Crippen LogP contribution < -0.4 is 4.74 Å². The normalized spacial score (nSPS) is 16.6. The quantitative estimate of drug-likeness (QED) is 0.618. The molecule has 1 aliphatic rings. The molecule has 164 valence electrons. The van der Waals surface area contributed by atoms with Gasteiger partial charge in [0.25, 0.3) is 0 Å². The number of aryl methyl sites for hydroxylation is 1. The molecular weight excluding hydrogens is 382 g/mol. The third-order valence-electron chi connectivity index (χ3n) is 5.27. The number of carbonyl (C=O) groups excluding carboxylic acids is 1. The van der Waals surface area contributed by atoms with Crippen molar-refractivity contribution >= 4 is 5.91 Å². The second-order valence-electron chi connectivity index (χ2n) is 8.84. The van der Waals surface area contributed by atoms with Crippen LogP contribution in [0.15, 0.2) is 28.8 Å². The number of para-hydroxylation sites is 1. The number of benzene rings is 1. The summed E-state index contributed by atoms with van der Waals surface area (Å²) >= 11 is 0. The largest absolute Gasteiger partial charge is 0.496 e. The highest BCUT2D eigenvalue weighted by Crippen LogP contribution is 2.22. The van der Waals surface area contributed by atoms with Gasteiger partial charge in [-0.05, 0) is 25.3 Å². The van der Waals surface area contributed by atoms with E-state index < -0.39 is 0 Å². The summed E-state index contributed by atoms with van der Waals surface area (Å²) in [5.41, 5.74) is 0.850. The van der Waals surface area contributed by atoms with Gasteiger partial charge in [0.15, 0.2) is 5.82 Å². The molecule has 1 aromatic carbocycles. The number of aromatic nitrogens is 2. The Kier molecular flexibility index (Phi) is 7.48. The summed E-state index contributed by atoms with van der Waals surface area (Å²) in [6.07, 6.45) is 3.83. The minimum Gasteiger partial charge on any atom is -0.496 e. The number of hydrogen-bond donors (Lipinski definition) is 0. The Morgan fingerprint density at radius 2 is 2.10 bits per heavy atom. The Labute approximate surface area is 178 Å². The first-order valence-corrected chi connectivity index (χ1v) is 10.7. The highest BCUT2D eigenvalue weighted by molar-refractivity contribution is 5.76. The average molecular weight is 416 g/mol. The minimum atomic E-state index is -0.148. The zero-order chi connectivity index (χ0) is 21.6. The summed E-state index contributed by atoms with van der Waals surface area (Å²) in [5.74, 6) is 2.18. The summed E-state index contributed by atoms with van der Waals surface area (Å²) in [4.78, 5) is 19.4. The molecule has 0 radical (unpaired) electrons. The van der Waals surface area contributed by atoms with Gasteiger partial charge in [0.1, 0.15) is 5.75 Å². The minimum absolute atomic E-state index is 0.104. The van der Waals surface area contributed by atoms with Crippen LogP contribution in [-0.4, -0.2) is 47.3 Å². The van der Waals surface area contributed by atoms with E-state index in [1.807, 2.05) is 49.9 Å². The topological polar surface area (TPSA) is 77.7 Å². The number of amides is 1. The van der Waals surface area contributed by atoms with E-state index >= 15 is 0 Å². The predicted molar refractivity (Wildman–Crippen MR) is 113 cm³/mol. The second kappa shape index (κ2) is 10.1. The van der Waals surface area contributed by atoms with Gasteiger partial charge in [-0.25, -0.2) is 0 Å². The number of ether oxygens (including phenoxy) is 2. The van der Waals surface area contributed by atoms with Crippen molar-refractivity contribution in [3.05, 3.63) is 41.5 Å². The lowest BCUT2D eigenvalue weighted by molar-refractivity contribution is -0.133. The first kappa shape index (κ1) is 22.3. The van der Waals surface area contributed by atoms with Gasteiger partial charge < -0.3 is 18.9 Å². The maximum atomic E-state index is 13.1. The summed E-state index contributed by atoms with van der Waals surface area (Å²) in [5, 5.41) is 4.05. The van der Waals surface area contributed by atoms with Crippen LogP contribution in [0.4, 0.5) is 0 Å². The molecule has 0 N–H and O–H groups in total. The first-order chi connectivity index (χ1) is 14.4. The van der Waals surface area contributed by atoms with Gasteiger partial charge in [-0.3, -0.25) is 4.79 Å². The molecule has 1 unspecified atom stereocenters. The molecular formula is C23H33N3O4. The SMILES string of the molecule is COc1ccccc1CN(CC1CCCO1)C(=O)CCCc1nc(C(C)(C)C)no1. The number of rotatable bonds is 9. The van der Waals surface area contributed by atoms with Gasteiger partial charge in [0.05, 0.1) is 13.2 Å². The first-order valence-electron chi connectivity index (χ1n) is 10.7. The van der Waals surface area contributed by atoms with Gasteiger partial charge in [0, 0.05) is 43.5 Å². The third-order valence-corrected chi connectivity index (χ3v) is 5.27. The van der Waals surface area contributed by atoms with Crippen LogP contribution in [0.5, 0.6) is 5.75 Å². The van der Waals surface area contributed by atoms with E-state index in [4.69, 9.17) is 14.0 Å². The zero-order valence-corrected chi connectivity index (χ0v) is 18.5. The van der Waals surface area contributed by atoms with Crippen molar-refractivity contribution in [2.24, 2.45) is 0 Å². The van der Waals surface area contributed by atoms with Crippen molar-refractivity contribution in [3.63, 3.8) is 0 Å². The van der Waals surface area contributed by atoms with Crippen molar-refractivity contribution in [3.8, 4) is 5.75 Å². The summed E-state index contributed by atoms with van der Waals surface area (Å²) in [7, 11) is 1.65. The van der Waals surface area contributed by atoms with E-state index in [0.29, 0.717) is 44.1 Å². The van der Waals surface area contributed by atoms with Crippen LogP contribution in [0.1, 0.15) is 63.7 Å². The fourth-order valence-electron chi connectivity index (χ4n) is 3.54. The molecule has 7 heteroatoms. The lowest BCUT2D eigenvalue weighted by Crippen LogP contribution is -2.37. The van der Waals surface area contributed by atoms with Crippen LogP contribution in [0.3, 0.4) is 0 Å². The predicted octanol–water partition coefficient (Wildman–Crippen LogP) is 3.91. The Morgan fingerprint density at radius 3 is 2.77 bits per heavy atom. The number of hydrogen-bond acceptors (Lipinski definition) is 6. The monoisotopic (exact) mass is 415 g/mol. The smallest absolute Gasteiger partial charge is 0.226 e. The van der Waals surface area contributed by atoms with E-state index in [9.17, 15) is 4.79 Å². The van der Waals surface area contributed by atoms with Crippen LogP contribution in [0.2, 0.25) is 0 Å². The second-order valence-corrected chi connectivity index (χ2v) is 8.84. The summed E-state index contributed by atoms with van der Waals surface area (Å²) < 4.78 is 16.6. The van der Waals surface area contributed by atoms with Gasteiger partial charge in [0.2, 0.25) is 11.8 Å². The number of carbonyl (C=O) groups is 1. The van der Waals surface area contributed by atoms with Crippen molar-refractivity contribution in [1.82, 2.24) is 15.0 Å². The highest BCUT2D eigenvalue weighted by Gasteiger charge is 2.24. The lowest BCUT2D eigenvalue weighted by atomic mass is 9.96. The van der Waals surface area contributed by atoms with Crippen molar-refractivity contribution in [2.75, 3.05) is 20.3 Å². The molecule has 0 aliphatic carbocycles. The fourth-order valence-corrected chi connectivity index (χ4v) is 3.54. The molecule has 0 saturated carbocycles. The van der Waals surface area contributed by atoms with E-state index in [2.05, 4.69) is 10.1 Å². The molecule has 1 atom stereocenters. The summed E-state index contributed by atoms with van der Waals surface area (Å²) in [6, 6.07) is 7.83. The number of nitrogens with zero attached hydrogens (tertiary/aromatic N) is 3. The zero-order valence-electron chi connectivity index (χ0n) is 18.5. The van der Waals surface area contributed by atoms with Gasteiger partial charge in [-0.2, -0.15) is 4.98 Å². The summed E-state index contributed by atoms with van der Waals surface area (Å²) in [6.45, 7) is 8.03. The highest BCUT2D eigenvalue weighted by atomic mass is 16.5. The molecule has 2 aromatic rings. The molecule has 2 heterocycles. The molecule has 1 aromatic heterocycles.